The highest BCUT2D eigenvalue weighted by Crippen LogP contribution is 2.38. The van der Waals surface area contributed by atoms with E-state index in [1.54, 1.807) is 6.08 Å². The Morgan fingerprint density at radius 1 is 1.32 bits per heavy atom. The first kappa shape index (κ1) is 13.0. The van der Waals surface area contributed by atoms with E-state index in [1.807, 2.05) is 31.2 Å². The molecule has 19 heavy (non-hydrogen) atoms. The molecule has 0 N–H and O–H groups in total. The molecule has 1 fully saturated rings. The molecule has 0 spiro atoms. The number of fused-ring (bicyclic) bond motifs is 1. The summed E-state index contributed by atoms with van der Waals surface area (Å²) in [5, 5.41) is 0. The maximum absolute atomic E-state index is 11.5. The molecule has 1 aliphatic carbocycles. The standard InChI is InChI=1S/C14H13BrO4/c1-14-7-6-11(16)8-12(14)17-13(18-19-14)9-2-4-10(15)5-3-9/h2-7,12-13H,8H2,1H3/t12-,13-,14+/m1/s1. The van der Waals surface area contributed by atoms with Gasteiger partial charge in [-0.1, -0.05) is 28.1 Å². The number of carbonyl (C=O) groups excluding carboxylic acids is 1. The number of allylic oxidation sites excluding steroid dienone is 1. The monoisotopic (exact) mass is 324 g/mol. The fraction of sp³-hybridized carbons (Fsp3) is 0.357. The molecule has 0 bridgehead atoms. The smallest absolute Gasteiger partial charge is 0.217 e. The molecule has 0 unspecified atom stereocenters. The van der Waals surface area contributed by atoms with Gasteiger partial charge in [-0.15, -0.1) is 0 Å². The summed E-state index contributed by atoms with van der Waals surface area (Å²) in [6, 6.07) is 7.59. The Hall–Kier alpha value is -1.01. The van der Waals surface area contributed by atoms with Gasteiger partial charge in [0.05, 0.1) is 0 Å². The van der Waals surface area contributed by atoms with E-state index >= 15 is 0 Å². The van der Waals surface area contributed by atoms with Gasteiger partial charge in [0.1, 0.15) is 11.7 Å². The van der Waals surface area contributed by atoms with Crippen LogP contribution in [0.3, 0.4) is 0 Å². The van der Waals surface area contributed by atoms with Crippen molar-refractivity contribution in [2.75, 3.05) is 0 Å². The van der Waals surface area contributed by atoms with E-state index < -0.39 is 11.9 Å². The van der Waals surface area contributed by atoms with Crippen LogP contribution in [0.2, 0.25) is 0 Å². The maximum atomic E-state index is 11.5. The summed E-state index contributed by atoms with van der Waals surface area (Å²) in [6.07, 6.45) is 2.59. The predicted octanol–water partition coefficient (Wildman–Crippen LogP) is 3.08. The zero-order chi connectivity index (χ0) is 13.5. The third-order valence-corrected chi connectivity index (χ3v) is 3.90. The summed E-state index contributed by atoms with van der Waals surface area (Å²) in [4.78, 5) is 22.2. The van der Waals surface area contributed by atoms with Crippen molar-refractivity contribution in [3.63, 3.8) is 0 Å². The van der Waals surface area contributed by atoms with Crippen LogP contribution < -0.4 is 0 Å². The fourth-order valence-electron chi connectivity index (χ4n) is 2.16. The summed E-state index contributed by atoms with van der Waals surface area (Å²) in [5.41, 5.74) is 0.159. The van der Waals surface area contributed by atoms with Crippen molar-refractivity contribution in [1.29, 1.82) is 0 Å². The van der Waals surface area contributed by atoms with Crippen molar-refractivity contribution in [1.82, 2.24) is 0 Å². The van der Waals surface area contributed by atoms with Crippen molar-refractivity contribution < 1.29 is 19.3 Å². The molecule has 1 aromatic carbocycles. The second kappa shape index (κ2) is 4.83. The minimum absolute atomic E-state index is 0.0440. The highest BCUT2D eigenvalue weighted by atomic mass is 79.9. The molecule has 0 saturated carbocycles. The zero-order valence-corrected chi connectivity index (χ0v) is 11.9. The molecule has 2 aliphatic rings. The number of halogens is 1. The quantitative estimate of drug-likeness (QED) is 0.745. The molecular weight excluding hydrogens is 312 g/mol. The van der Waals surface area contributed by atoms with Gasteiger partial charge >= 0.3 is 0 Å². The Labute approximate surface area is 119 Å². The van der Waals surface area contributed by atoms with E-state index in [0.29, 0.717) is 6.42 Å². The molecule has 1 aliphatic heterocycles. The highest BCUT2D eigenvalue weighted by Gasteiger charge is 2.45. The number of hydrogen-bond donors (Lipinski definition) is 0. The van der Waals surface area contributed by atoms with Crippen LogP contribution in [-0.4, -0.2) is 17.5 Å². The van der Waals surface area contributed by atoms with Gasteiger partial charge in [0, 0.05) is 16.5 Å². The Morgan fingerprint density at radius 3 is 2.79 bits per heavy atom. The summed E-state index contributed by atoms with van der Waals surface area (Å²) < 4.78 is 6.84. The molecule has 0 aromatic heterocycles. The molecule has 5 heteroatoms. The minimum atomic E-state index is -0.695. The lowest BCUT2D eigenvalue weighted by Gasteiger charge is -2.42. The van der Waals surface area contributed by atoms with Gasteiger partial charge in [-0.3, -0.25) is 4.79 Å². The number of benzene rings is 1. The second-order valence-corrected chi connectivity index (χ2v) is 5.79. The Balaban J connectivity index is 1.81. The normalized spacial score (nSPS) is 34.1. The molecule has 3 rings (SSSR count). The predicted molar refractivity (Wildman–Crippen MR) is 71.1 cm³/mol. The van der Waals surface area contributed by atoms with E-state index in [-0.39, 0.29) is 11.9 Å². The van der Waals surface area contributed by atoms with E-state index in [2.05, 4.69) is 15.9 Å². The summed E-state index contributed by atoms with van der Waals surface area (Å²) >= 11 is 3.37. The molecule has 100 valence electrons. The Morgan fingerprint density at radius 2 is 2.05 bits per heavy atom. The van der Waals surface area contributed by atoms with Gasteiger partial charge in [-0.25, -0.2) is 4.89 Å². The molecule has 0 radical (unpaired) electrons. The second-order valence-electron chi connectivity index (χ2n) is 4.88. The van der Waals surface area contributed by atoms with Gasteiger partial charge in [-0.05, 0) is 31.2 Å². The molecule has 0 amide bonds. The van der Waals surface area contributed by atoms with Crippen LogP contribution in [0.15, 0.2) is 40.9 Å². The minimum Gasteiger partial charge on any atom is -0.339 e. The molecule has 1 heterocycles. The zero-order valence-electron chi connectivity index (χ0n) is 10.3. The Bertz CT molecular complexity index is 525. The molecule has 3 atom stereocenters. The first-order chi connectivity index (χ1) is 9.07. The summed E-state index contributed by atoms with van der Waals surface area (Å²) in [5.74, 6) is 0.0440. The van der Waals surface area contributed by atoms with Gasteiger partial charge in [-0.2, -0.15) is 4.89 Å². The van der Waals surface area contributed by atoms with Gasteiger partial charge in [0.2, 0.25) is 6.29 Å². The number of rotatable bonds is 1. The van der Waals surface area contributed by atoms with Crippen LogP contribution in [0.4, 0.5) is 0 Å². The van der Waals surface area contributed by atoms with Crippen molar-refractivity contribution in [2.24, 2.45) is 0 Å². The summed E-state index contributed by atoms with van der Waals surface area (Å²) in [6.45, 7) is 1.85. The largest absolute Gasteiger partial charge is 0.339 e. The Kier molecular flexibility index (Phi) is 3.30. The third kappa shape index (κ3) is 2.51. The van der Waals surface area contributed by atoms with Crippen LogP contribution in [0, 0.1) is 0 Å². The lowest BCUT2D eigenvalue weighted by molar-refractivity contribution is -0.480. The van der Waals surface area contributed by atoms with Crippen molar-refractivity contribution in [2.45, 2.75) is 31.3 Å². The van der Waals surface area contributed by atoms with Crippen LogP contribution in [-0.2, 0) is 19.3 Å². The van der Waals surface area contributed by atoms with Gasteiger partial charge < -0.3 is 4.74 Å². The van der Waals surface area contributed by atoms with E-state index in [0.717, 1.165) is 10.0 Å². The first-order valence-corrected chi connectivity index (χ1v) is 6.84. The van der Waals surface area contributed by atoms with Crippen molar-refractivity contribution in [3.8, 4) is 0 Å². The lowest BCUT2D eigenvalue weighted by atomic mass is 9.88. The molecule has 4 nitrogen and oxygen atoms in total. The maximum Gasteiger partial charge on any atom is 0.217 e. The number of hydrogen-bond acceptors (Lipinski definition) is 4. The topological polar surface area (TPSA) is 44.8 Å². The molecule has 1 aromatic rings. The van der Waals surface area contributed by atoms with Crippen LogP contribution in [0.5, 0.6) is 0 Å². The van der Waals surface area contributed by atoms with E-state index in [9.17, 15) is 4.79 Å². The average Bonchev–Trinajstić information content (AvgIpc) is 2.40. The number of ketones is 1. The van der Waals surface area contributed by atoms with Gasteiger partial charge in [0.15, 0.2) is 5.78 Å². The SMILES string of the molecule is C[C@]12C=CC(=O)C[C@H]1O[C@@H](c1ccc(Br)cc1)OO2. The van der Waals surface area contributed by atoms with Gasteiger partial charge in [0.25, 0.3) is 0 Å². The number of carbonyl (C=O) groups is 1. The van der Waals surface area contributed by atoms with E-state index in [4.69, 9.17) is 14.5 Å². The van der Waals surface area contributed by atoms with Crippen LogP contribution in [0.25, 0.3) is 0 Å². The molecular formula is C14H13BrO4. The average molecular weight is 325 g/mol. The van der Waals surface area contributed by atoms with Crippen molar-refractivity contribution in [3.05, 3.63) is 46.5 Å². The number of ether oxygens (including phenoxy) is 1. The first-order valence-electron chi connectivity index (χ1n) is 6.04. The van der Waals surface area contributed by atoms with E-state index in [1.165, 1.54) is 6.08 Å². The fourth-order valence-corrected chi connectivity index (χ4v) is 2.42. The lowest BCUT2D eigenvalue weighted by Crippen LogP contribution is -2.50. The third-order valence-electron chi connectivity index (χ3n) is 3.37. The van der Waals surface area contributed by atoms with Crippen LogP contribution >= 0.6 is 15.9 Å². The van der Waals surface area contributed by atoms with Crippen molar-refractivity contribution >= 4 is 21.7 Å². The summed E-state index contributed by atoms with van der Waals surface area (Å²) in [7, 11) is 0. The van der Waals surface area contributed by atoms with Crippen LogP contribution in [0.1, 0.15) is 25.2 Å². The molecule has 1 saturated heterocycles. The highest BCUT2D eigenvalue weighted by molar-refractivity contribution is 9.10.